The van der Waals surface area contributed by atoms with Crippen LogP contribution in [0.5, 0.6) is 0 Å². The van der Waals surface area contributed by atoms with Gasteiger partial charge < -0.3 is 15.8 Å². The van der Waals surface area contributed by atoms with E-state index in [0.29, 0.717) is 0 Å². The molecule has 0 rings (SSSR count). The molecule has 0 saturated heterocycles. The molecule has 0 aliphatic rings. The Bertz CT molecular complexity index is 244. The molecule has 0 aromatic rings. The quantitative estimate of drug-likeness (QED) is 0.184. The molecule has 0 radical (unpaired) electrons. The summed E-state index contributed by atoms with van der Waals surface area (Å²) in [5.74, 6) is -1.22. The Morgan fingerprint density at radius 2 is 1.92 bits per heavy atom. The Balaban J connectivity index is 4.63. The lowest BCUT2D eigenvalue weighted by Crippen LogP contribution is -2.37. The minimum Gasteiger partial charge on any atom is -0.358 e. The van der Waals surface area contributed by atoms with E-state index < -0.39 is 21.1 Å². The van der Waals surface area contributed by atoms with Gasteiger partial charge in [0.1, 0.15) is 10.2 Å². The summed E-state index contributed by atoms with van der Waals surface area (Å²) in [5, 5.41) is 20.2. The van der Waals surface area contributed by atoms with Crippen LogP contribution in [-0.2, 0) is 0 Å². The lowest BCUT2D eigenvalue weighted by Gasteiger charge is -1.98. The van der Waals surface area contributed by atoms with Crippen molar-refractivity contribution >= 4 is 5.96 Å². The Hall–Kier alpha value is -2.33. The van der Waals surface area contributed by atoms with Crippen LogP contribution in [-0.4, -0.2) is 21.1 Å². The highest BCUT2D eigenvalue weighted by Crippen LogP contribution is 1.88. The van der Waals surface area contributed by atoms with Gasteiger partial charge in [-0.1, -0.05) is 0 Å². The van der Waals surface area contributed by atoms with Crippen LogP contribution in [0.2, 0.25) is 0 Å². The molecule has 0 aliphatic heterocycles. The van der Waals surface area contributed by atoms with Crippen LogP contribution in [0.4, 0.5) is 0 Å². The zero-order valence-electron chi connectivity index (χ0n) is 5.35. The molecule has 0 aliphatic carbocycles. The molecule has 0 saturated carbocycles. The first-order chi connectivity index (χ1) is 5.49. The molecule has 11 heteroatoms. The summed E-state index contributed by atoms with van der Waals surface area (Å²) < 4.78 is 0. The second-order valence-electron chi connectivity index (χ2n) is 1.30. The average molecular weight is 178 g/mol. The minimum absolute atomic E-state index is 0.567. The minimum atomic E-state index is -1.35. The number of guanidine groups is 1. The van der Waals surface area contributed by atoms with Crippen molar-refractivity contribution in [3.8, 4) is 0 Å². The molecule has 0 spiro atoms. The first kappa shape index (κ1) is 9.67. The van der Waals surface area contributed by atoms with Crippen LogP contribution in [0, 0.1) is 25.1 Å². The van der Waals surface area contributed by atoms with Gasteiger partial charge in [-0.2, -0.15) is 0 Å². The Labute approximate surface area is 63.6 Å². The van der Waals surface area contributed by atoms with Crippen molar-refractivity contribution in [3.63, 3.8) is 0 Å². The van der Waals surface area contributed by atoms with Gasteiger partial charge in [-0.05, 0) is 0 Å². The topological polar surface area (TPSA) is 157 Å². The molecular weight excluding hydrogens is 176 g/mol. The van der Waals surface area contributed by atoms with Crippen molar-refractivity contribution in [2.24, 2.45) is 16.1 Å². The second-order valence-corrected chi connectivity index (χ2v) is 1.30. The summed E-state index contributed by atoms with van der Waals surface area (Å²) in [6, 6.07) is 0. The van der Waals surface area contributed by atoms with Gasteiger partial charge >= 0.3 is 11.2 Å². The summed E-state index contributed by atoms with van der Waals surface area (Å²) in [6.45, 7) is 0. The van der Waals surface area contributed by atoms with Gasteiger partial charge in [-0.3, -0.25) is 0 Å². The van der Waals surface area contributed by atoms with Gasteiger partial charge in [-0.15, -0.1) is 0 Å². The Kier molecular flexibility index (Phi) is 3.02. The normalized spacial score (nSPS) is 10.5. The maximum atomic E-state index is 9.81. The molecule has 12 heavy (non-hydrogen) atoms. The number of nitro groups is 2. The van der Waals surface area contributed by atoms with Gasteiger partial charge in [0.15, 0.2) is 5.03 Å². The van der Waals surface area contributed by atoms with E-state index in [4.69, 9.17) is 0 Å². The van der Waals surface area contributed by atoms with Gasteiger partial charge in [0.05, 0.1) is 5.03 Å². The van der Waals surface area contributed by atoms with Gasteiger partial charge in [0.25, 0.3) is 0 Å². The molecule has 0 bridgehead atoms. The average Bonchev–Trinajstić information content (AvgIpc) is 1.85. The van der Waals surface area contributed by atoms with Crippen molar-refractivity contribution in [1.82, 2.24) is 5.12 Å². The predicted octanol–water partition coefficient (Wildman–Crippen LogP) is -1.33. The molecule has 0 atom stereocenters. The molecule has 11 nitrogen and oxygen atoms in total. The van der Waals surface area contributed by atoms with E-state index in [1.165, 1.54) is 0 Å². The standard InChI is InChI=1S/CH2N6O5/c2-1(3-6(9)10)5(4-8)7(11)12/h(H2,2,3). The molecule has 0 fully saturated rings. The van der Waals surface area contributed by atoms with E-state index >= 15 is 0 Å². The van der Waals surface area contributed by atoms with Crippen LogP contribution < -0.4 is 5.73 Å². The molecule has 0 aromatic heterocycles. The maximum absolute atomic E-state index is 9.81. The van der Waals surface area contributed by atoms with Crippen LogP contribution >= 0.6 is 0 Å². The first-order valence-corrected chi connectivity index (χ1v) is 2.25. The third-order valence-electron chi connectivity index (χ3n) is 0.621. The number of nitroso groups, excluding NO2 is 1. The van der Waals surface area contributed by atoms with Crippen LogP contribution in [0.3, 0.4) is 0 Å². The van der Waals surface area contributed by atoms with Crippen molar-refractivity contribution in [1.29, 1.82) is 0 Å². The van der Waals surface area contributed by atoms with Crippen LogP contribution in [0.25, 0.3) is 0 Å². The first-order valence-electron chi connectivity index (χ1n) is 2.25. The summed E-state index contributed by atoms with van der Waals surface area (Å²) in [6.07, 6.45) is 0. The third-order valence-corrected chi connectivity index (χ3v) is 0.621. The van der Waals surface area contributed by atoms with Crippen LogP contribution in [0.1, 0.15) is 0 Å². The third kappa shape index (κ3) is 2.51. The zero-order chi connectivity index (χ0) is 9.72. The van der Waals surface area contributed by atoms with E-state index in [0.717, 1.165) is 0 Å². The van der Waals surface area contributed by atoms with E-state index in [2.05, 4.69) is 10.8 Å². The fourth-order valence-electron chi connectivity index (χ4n) is 0.279. The van der Waals surface area contributed by atoms with Crippen molar-refractivity contribution < 1.29 is 10.1 Å². The van der Waals surface area contributed by atoms with Gasteiger partial charge in [-0.25, -0.2) is 10.1 Å². The van der Waals surface area contributed by atoms with Crippen molar-refractivity contribution in [2.75, 3.05) is 0 Å². The summed E-state index contributed by atoms with van der Waals surface area (Å²) in [4.78, 5) is 29.0. The molecule has 66 valence electrons. The highest BCUT2D eigenvalue weighted by Gasteiger charge is 2.23. The van der Waals surface area contributed by atoms with Crippen molar-refractivity contribution in [2.45, 2.75) is 0 Å². The van der Waals surface area contributed by atoms with Crippen LogP contribution in [0.15, 0.2) is 10.4 Å². The fraction of sp³-hybridized carbons (Fsp3) is 0. The lowest BCUT2D eigenvalue weighted by molar-refractivity contribution is -0.633. The molecule has 0 heterocycles. The maximum Gasteiger partial charge on any atom is 0.361 e. The highest BCUT2D eigenvalue weighted by atomic mass is 16.7. The second kappa shape index (κ2) is 3.75. The fourth-order valence-corrected chi connectivity index (χ4v) is 0.279. The van der Waals surface area contributed by atoms with E-state index in [9.17, 15) is 25.1 Å². The van der Waals surface area contributed by atoms with E-state index in [-0.39, 0.29) is 0 Å². The van der Waals surface area contributed by atoms with Crippen molar-refractivity contribution in [3.05, 3.63) is 25.1 Å². The summed E-state index contributed by atoms with van der Waals surface area (Å²) in [7, 11) is 0. The number of hydrazone groups is 1. The van der Waals surface area contributed by atoms with E-state index in [1.54, 1.807) is 5.29 Å². The van der Waals surface area contributed by atoms with Gasteiger partial charge in [0.2, 0.25) is 0 Å². The Morgan fingerprint density at radius 3 is 2.17 bits per heavy atom. The highest BCUT2D eigenvalue weighted by molar-refractivity contribution is 5.75. The molecule has 0 unspecified atom stereocenters. The number of nitrogens with two attached hydrogens (primary N) is 1. The number of hydrogen-bond acceptors (Lipinski definition) is 6. The number of rotatable bonds is 3. The predicted molar refractivity (Wildman–Crippen MR) is 33.2 cm³/mol. The van der Waals surface area contributed by atoms with Gasteiger partial charge in [0, 0.05) is 4.91 Å². The lowest BCUT2D eigenvalue weighted by atomic mass is 11.0. The SMILES string of the molecule is NC(=N[N+](=O)[O-])N(N=O)[N+](=O)[O-]. The number of nitrogens with zero attached hydrogens (tertiary/aromatic N) is 5. The largest absolute Gasteiger partial charge is 0.361 e. The zero-order valence-corrected chi connectivity index (χ0v) is 5.35. The summed E-state index contributed by atoms with van der Waals surface area (Å²) >= 11 is 0. The Morgan fingerprint density at radius 1 is 1.42 bits per heavy atom. The molecular formula is CH2N6O5. The monoisotopic (exact) mass is 178 g/mol. The van der Waals surface area contributed by atoms with E-state index in [1.807, 2.05) is 0 Å². The molecule has 0 amide bonds. The summed E-state index contributed by atoms with van der Waals surface area (Å²) in [5.41, 5.74) is 4.63. The molecule has 0 aromatic carbocycles. The number of hydrazine groups is 1. The molecule has 2 N–H and O–H groups in total. The smallest absolute Gasteiger partial charge is 0.358 e. The number of hydrogen-bond donors (Lipinski definition) is 1.